The highest BCUT2D eigenvalue weighted by molar-refractivity contribution is 9.28. The first-order chi connectivity index (χ1) is 8.28. The van der Waals surface area contributed by atoms with E-state index in [1.165, 1.54) is 7.11 Å². The Hall–Kier alpha value is -0.810. The van der Waals surface area contributed by atoms with Gasteiger partial charge in [-0.25, -0.2) is 0 Å². The molecule has 0 unspecified atom stereocenters. The Morgan fingerprint density at radius 2 is 2.00 bits per heavy atom. The van der Waals surface area contributed by atoms with E-state index in [0.29, 0.717) is 8.96 Å². The molecule has 0 bridgehead atoms. The summed E-state index contributed by atoms with van der Waals surface area (Å²) in [6.07, 6.45) is 1.71. The molecule has 1 aromatic carbocycles. The summed E-state index contributed by atoms with van der Waals surface area (Å²) in [5, 5.41) is 9.74. The van der Waals surface area contributed by atoms with Crippen LogP contribution in [0.3, 0.4) is 0 Å². The number of rotatable bonds is 3. The topological polar surface area (TPSA) is 46.5 Å². The van der Waals surface area contributed by atoms with E-state index in [1.54, 1.807) is 38.1 Å². The van der Waals surface area contributed by atoms with Crippen molar-refractivity contribution in [3.8, 4) is 5.75 Å². The van der Waals surface area contributed by atoms with Gasteiger partial charge in [0.05, 0.1) is 15.9 Å². The lowest BCUT2D eigenvalue weighted by Gasteiger charge is -2.22. The number of benzene rings is 1. The summed E-state index contributed by atoms with van der Waals surface area (Å²) in [5.41, 5.74) is 0.636. The van der Waals surface area contributed by atoms with Crippen LogP contribution < -0.4 is 0 Å². The summed E-state index contributed by atoms with van der Waals surface area (Å²) in [7, 11) is 1.36. The van der Waals surface area contributed by atoms with E-state index < -0.39 is 5.41 Å². The minimum atomic E-state index is -0.760. The van der Waals surface area contributed by atoms with Gasteiger partial charge < -0.3 is 9.84 Å². The van der Waals surface area contributed by atoms with Gasteiger partial charge in [-0.3, -0.25) is 4.79 Å². The molecule has 18 heavy (non-hydrogen) atoms. The van der Waals surface area contributed by atoms with Gasteiger partial charge in [-0.2, -0.15) is 0 Å². The van der Waals surface area contributed by atoms with Gasteiger partial charge in [0, 0.05) is 5.56 Å². The third-order valence-electron chi connectivity index (χ3n) is 2.71. The van der Waals surface area contributed by atoms with Gasteiger partial charge in [-0.05, 0) is 69.5 Å². The van der Waals surface area contributed by atoms with E-state index in [9.17, 15) is 9.90 Å². The molecule has 98 valence electrons. The Kier molecular flexibility index (Phi) is 4.99. The molecule has 3 nitrogen and oxygen atoms in total. The van der Waals surface area contributed by atoms with Crippen LogP contribution in [-0.4, -0.2) is 18.2 Å². The SMILES string of the molecule is COC(=O)C(C)(C)c1ccc(O)c(C=C(Br)Br)c1. The van der Waals surface area contributed by atoms with Crippen LogP contribution in [0.1, 0.15) is 25.0 Å². The largest absolute Gasteiger partial charge is 0.507 e. The highest BCUT2D eigenvalue weighted by atomic mass is 79.9. The normalized spacial score (nSPS) is 10.9. The van der Waals surface area contributed by atoms with Crippen molar-refractivity contribution >= 4 is 43.9 Å². The number of methoxy groups -OCH3 is 1. The predicted octanol–water partition coefficient (Wildman–Crippen LogP) is 3.93. The quantitative estimate of drug-likeness (QED) is 0.811. The Balaban J connectivity index is 3.28. The molecule has 0 spiro atoms. The van der Waals surface area contributed by atoms with Crippen LogP contribution in [0.25, 0.3) is 6.08 Å². The molecule has 1 rings (SSSR count). The number of esters is 1. The molecule has 5 heteroatoms. The molecule has 0 heterocycles. The van der Waals surface area contributed by atoms with Crippen LogP contribution in [0, 0.1) is 0 Å². The number of hydrogen-bond acceptors (Lipinski definition) is 3. The van der Waals surface area contributed by atoms with Crippen molar-refractivity contribution in [2.45, 2.75) is 19.3 Å². The van der Waals surface area contributed by atoms with Gasteiger partial charge >= 0.3 is 5.97 Å². The van der Waals surface area contributed by atoms with Crippen molar-refractivity contribution in [3.63, 3.8) is 0 Å². The second kappa shape index (κ2) is 5.89. The zero-order chi connectivity index (χ0) is 13.9. The number of phenols is 1. The fraction of sp³-hybridized carbons (Fsp3) is 0.308. The van der Waals surface area contributed by atoms with Crippen molar-refractivity contribution in [3.05, 3.63) is 32.7 Å². The maximum atomic E-state index is 11.7. The molecular formula is C13H14Br2O3. The highest BCUT2D eigenvalue weighted by Gasteiger charge is 2.31. The summed E-state index contributed by atoms with van der Waals surface area (Å²) in [4.78, 5) is 11.7. The minimum Gasteiger partial charge on any atom is -0.507 e. The lowest BCUT2D eigenvalue weighted by Crippen LogP contribution is -2.30. The molecule has 0 amide bonds. The third kappa shape index (κ3) is 3.36. The van der Waals surface area contributed by atoms with E-state index in [4.69, 9.17) is 4.74 Å². The third-order valence-corrected chi connectivity index (χ3v) is 3.17. The molecule has 0 aliphatic carbocycles. The average Bonchev–Trinajstić information content (AvgIpc) is 2.30. The highest BCUT2D eigenvalue weighted by Crippen LogP contribution is 2.31. The molecule has 1 N–H and O–H groups in total. The summed E-state index contributed by atoms with van der Waals surface area (Å²) in [6, 6.07) is 5.04. The molecule has 0 saturated heterocycles. The first-order valence-electron chi connectivity index (χ1n) is 5.23. The second-order valence-electron chi connectivity index (χ2n) is 4.32. The number of aromatic hydroxyl groups is 1. The van der Waals surface area contributed by atoms with Crippen LogP contribution in [0.4, 0.5) is 0 Å². The Morgan fingerprint density at radius 3 is 2.50 bits per heavy atom. The van der Waals surface area contributed by atoms with Crippen molar-refractivity contribution < 1.29 is 14.6 Å². The van der Waals surface area contributed by atoms with Crippen molar-refractivity contribution in [2.24, 2.45) is 0 Å². The Bertz CT molecular complexity index is 489. The standard InChI is InChI=1S/C13H14Br2O3/c1-13(2,12(17)18-3)9-4-5-10(16)8(6-9)7-11(14)15/h4-7,16H,1-3H3. The van der Waals surface area contributed by atoms with Crippen LogP contribution in [-0.2, 0) is 14.9 Å². The molecule has 0 saturated carbocycles. The maximum absolute atomic E-state index is 11.7. The van der Waals surface area contributed by atoms with Gasteiger partial charge in [0.15, 0.2) is 0 Å². The summed E-state index contributed by atoms with van der Waals surface area (Å²) in [5.74, 6) is -0.170. The molecule has 0 fully saturated rings. The van der Waals surface area contributed by atoms with Gasteiger partial charge in [0.2, 0.25) is 0 Å². The van der Waals surface area contributed by atoms with E-state index in [0.717, 1.165) is 5.56 Å². The molecule has 1 aromatic rings. The smallest absolute Gasteiger partial charge is 0.315 e. The zero-order valence-corrected chi connectivity index (χ0v) is 13.5. The van der Waals surface area contributed by atoms with Crippen LogP contribution in [0.5, 0.6) is 5.75 Å². The molecular weight excluding hydrogens is 364 g/mol. The number of phenolic OH excluding ortho intramolecular Hbond substituents is 1. The molecule has 0 aliphatic rings. The molecule has 0 aliphatic heterocycles. The van der Waals surface area contributed by atoms with E-state index >= 15 is 0 Å². The average molecular weight is 378 g/mol. The van der Waals surface area contributed by atoms with Gasteiger partial charge in [-0.1, -0.05) is 6.07 Å². The van der Waals surface area contributed by atoms with Gasteiger partial charge in [0.1, 0.15) is 5.75 Å². The monoisotopic (exact) mass is 376 g/mol. The van der Waals surface area contributed by atoms with Gasteiger partial charge in [-0.15, -0.1) is 0 Å². The molecule has 0 aromatic heterocycles. The number of carbonyl (C=O) groups is 1. The lowest BCUT2D eigenvalue weighted by atomic mass is 9.84. The number of carbonyl (C=O) groups excluding carboxylic acids is 1. The summed E-state index contributed by atoms with van der Waals surface area (Å²) < 4.78 is 5.49. The number of halogens is 2. The zero-order valence-electron chi connectivity index (χ0n) is 10.3. The first-order valence-corrected chi connectivity index (χ1v) is 6.82. The Morgan fingerprint density at radius 1 is 1.39 bits per heavy atom. The van der Waals surface area contributed by atoms with Gasteiger partial charge in [0.25, 0.3) is 0 Å². The van der Waals surface area contributed by atoms with Crippen molar-refractivity contribution in [2.75, 3.05) is 7.11 Å². The Labute approximate surface area is 123 Å². The van der Waals surface area contributed by atoms with Crippen LogP contribution in [0.15, 0.2) is 21.6 Å². The van der Waals surface area contributed by atoms with E-state index in [1.807, 2.05) is 0 Å². The lowest BCUT2D eigenvalue weighted by molar-refractivity contribution is -0.146. The minimum absolute atomic E-state index is 0.149. The number of ether oxygens (including phenoxy) is 1. The van der Waals surface area contributed by atoms with E-state index in [2.05, 4.69) is 31.9 Å². The summed E-state index contributed by atoms with van der Waals surface area (Å²) >= 11 is 6.48. The van der Waals surface area contributed by atoms with Crippen LogP contribution >= 0.6 is 31.9 Å². The maximum Gasteiger partial charge on any atom is 0.315 e. The van der Waals surface area contributed by atoms with Crippen molar-refractivity contribution in [1.29, 1.82) is 0 Å². The number of hydrogen-bond donors (Lipinski definition) is 1. The summed E-state index contributed by atoms with van der Waals surface area (Å²) in [6.45, 7) is 3.56. The predicted molar refractivity (Wildman–Crippen MR) is 79.0 cm³/mol. The van der Waals surface area contributed by atoms with Crippen LogP contribution in [0.2, 0.25) is 0 Å². The second-order valence-corrected chi connectivity index (χ2v) is 7.10. The van der Waals surface area contributed by atoms with E-state index in [-0.39, 0.29) is 11.7 Å². The molecule has 0 radical (unpaired) electrons. The first kappa shape index (κ1) is 15.2. The molecule has 0 atom stereocenters. The fourth-order valence-electron chi connectivity index (χ4n) is 1.55. The van der Waals surface area contributed by atoms with Crippen molar-refractivity contribution in [1.82, 2.24) is 0 Å². The fourth-order valence-corrected chi connectivity index (χ4v) is 2.04.